The average Bonchev–Trinajstić information content (AvgIpc) is 2.85. The Balaban J connectivity index is 1.50. The van der Waals surface area contributed by atoms with Gasteiger partial charge in [0.1, 0.15) is 0 Å². The third-order valence-electron chi connectivity index (χ3n) is 5.08. The van der Waals surface area contributed by atoms with Crippen molar-refractivity contribution in [1.29, 1.82) is 0 Å². The molecule has 9 heteroatoms. The Bertz CT molecular complexity index is 959. The molecule has 3 amide bonds. The summed E-state index contributed by atoms with van der Waals surface area (Å²) in [6.45, 7) is 3.31. The second-order valence-corrected chi connectivity index (χ2v) is 7.57. The van der Waals surface area contributed by atoms with Crippen LogP contribution < -0.4 is 16.0 Å². The first-order valence-corrected chi connectivity index (χ1v) is 10.9. The first-order chi connectivity index (χ1) is 16.1. The van der Waals surface area contributed by atoms with Crippen molar-refractivity contribution >= 4 is 29.1 Å². The number of hydrogen-bond donors (Lipinski definition) is 3. The van der Waals surface area contributed by atoms with Gasteiger partial charge in [-0.05, 0) is 42.8 Å². The molecule has 0 saturated carbocycles. The second-order valence-electron chi connectivity index (χ2n) is 7.57. The third kappa shape index (κ3) is 7.58. The first-order valence-electron chi connectivity index (χ1n) is 10.9. The van der Waals surface area contributed by atoms with Crippen LogP contribution in [0.3, 0.4) is 0 Å². The number of ether oxygens (including phenoxy) is 2. The lowest BCUT2D eigenvalue weighted by molar-refractivity contribution is -0.114. The highest BCUT2D eigenvalue weighted by Gasteiger charge is 2.18. The van der Waals surface area contributed by atoms with Gasteiger partial charge in [0.05, 0.1) is 19.8 Å². The number of amides is 3. The number of nitrogens with zero attached hydrogens (tertiary/aromatic N) is 1. The van der Waals surface area contributed by atoms with Gasteiger partial charge in [-0.25, -0.2) is 0 Å². The molecule has 33 heavy (non-hydrogen) atoms. The van der Waals surface area contributed by atoms with Crippen molar-refractivity contribution in [3.63, 3.8) is 0 Å². The van der Waals surface area contributed by atoms with Gasteiger partial charge >= 0.3 is 0 Å². The van der Waals surface area contributed by atoms with Crippen molar-refractivity contribution in [2.24, 2.45) is 0 Å². The zero-order valence-electron chi connectivity index (χ0n) is 18.8. The molecule has 0 spiro atoms. The molecule has 3 rings (SSSR count). The Kier molecular flexibility index (Phi) is 9.22. The van der Waals surface area contributed by atoms with E-state index in [2.05, 4.69) is 16.0 Å². The number of carbonyl (C=O) groups excluding carboxylic acids is 3. The summed E-state index contributed by atoms with van der Waals surface area (Å²) in [6, 6.07) is 13.8. The lowest BCUT2D eigenvalue weighted by Gasteiger charge is -2.27. The molecule has 0 aromatic heterocycles. The van der Waals surface area contributed by atoms with Crippen LogP contribution in [0, 0.1) is 0 Å². The van der Waals surface area contributed by atoms with Gasteiger partial charge < -0.3 is 30.3 Å². The number of rotatable bonds is 10. The van der Waals surface area contributed by atoms with E-state index >= 15 is 0 Å². The quantitative estimate of drug-likeness (QED) is 0.474. The number of morpholine rings is 1. The SMILES string of the molecule is COCCCNC(=O)c1cccc(NCC(=O)Nc2cccc(C(=O)N3CCOCC3)c2)c1. The summed E-state index contributed by atoms with van der Waals surface area (Å²) < 4.78 is 10.3. The van der Waals surface area contributed by atoms with Crippen LogP contribution >= 0.6 is 0 Å². The van der Waals surface area contributed by atoms with Crippen molar-refractivity contribution in [3.05, 3.63) is 59.7 Å². The molecule has 1 fully saturated rings. The molecule has 1 saturated heterocycles. The molecule has 9 nitrogen and oxygen atoms in total. The topological polar surface area (TPSA) is 109 Å². The molecule has 2 aromatic rings. The molecule has 1 aliphatic rings. The van der Waals surface area contributed by atoms with Crippen LogP contribution in [0.4, 0.5) is 11.4 Å². The second kappa shape index (κ2) is 12.6. The smallest absolute Gasteiger partial charge is 0.254 e. The van der Waals surface area contributed by atoms with Gasteiger partial charge in [-0.1, -0.05) is 12.1 Å². The van der Waals surface area contributed by atoms with Crippen LogP contribution in [-0.2, 0) is 14.3 Å². The van der Waals surface area contributed by atoms with E-state index in [1.54, 1.807) is 60.5 Å². The summed E-state index contributed by atoms with van der Waals surface area (Å²) in [6.07, 6.45) is 0.736. The van der Waals surface area contributed by atoms with E-state index in [1.165, 1.54) is 0 Å². The van der Waals surface area contributed by atoms with Crippen LogP contribution in [0.15, 0.2) is 48.5 Å². The van der Waals surface area contributed by atoms with E-state index in [0.29, 0.717) is 62.0 Å². The maximum Gasteiger partial charge on any atom is 0.254 e. The van der Waals surface area contributed by atoms with Crippen LogP contribution in [0.25, 0.3) is 0 Å². The average molecular weight is 455 g/mol. The van der Waals surface area contributed by atoms with Crippen molar-refractivity contribution in [2.45, 2.75) is 6.42 Å². The summed E-state index contributed by atoms with van der Waals surface area (Å²) in [5.74, 6) is -0.522. The van der Waals surface area contributed by atoms with Gasteiger partial charge in [0.2, 0.25) is 5.91 Å². The molecule has 0 atom stereocenters. The van der Waals surface area contributed by atoms with E-state index in [-0.39, 0.29) is 24.3 Å². The maximum atomic E-state index is 12.6. The minimum Gasteiger partial charge on any atom is -0.385 e. The summed E-state index contributed by atoms with van der Waals surface area (Å²) in [4.78, 5) is 39.0. The van der Waals surface area contributed by atoms with Gasteiger partial charge in [-0.2, -0.15) is 0 Å². The lowest BCUT2D eigenvalue weighted by atomic mass is 10.1. The van der Waals surface area contributed by atoms with E-state index in [1.807, 2.05) is 0 Å². The van der Waals surface area contributed by atoms with Gasteiger partial charge in [-0.3, -0.25) is 14.4 Å². The number of methoxy groups -OCH3 is 1. The van der Waals surface area contributed by atoms with Crippen molar-refractivity contribution in [1.82, 2.24) is 10.2 Å². The number of anilines is 2. The van der Waals surface area contributed by atoms with E-state index in [9.17, 15) is 14.4 Å². The molecule has 2 aromatic carbocycles. The normalized spacial score (nSPS) is 13.3. The summed E-state index contributed by atoms with van der Waals surface area (Å²) in [5.41, 5.74) is 2.23. The van der Waals surface area contributed by atoms with Crippen LogP contribution in [0.1, 0.15) is 27.1 Å². The Labute approximate surface area is 193 Å². The first kappa shape index (κ1) is 24.2. The van der Waals surface area contributed by atoms with E-state index in [0.717, 1.165) is 6.42 Å². The number of hydrogen-bond acceptors (Lipinski definition) is 6. The van der Waals surface area contributed by atoms with Gasteiger partial charge in [0, 0.05) is 55.9 Å². The van der Waals surface area contributed by atoms with Crippen LogP contribution in [-0.4, -0.2) is 75.7 Å². The number of nitrogens with one attached hydrogen (secondary N) is 3. The lowest BCUT2D eigenvalue weighted by Crippen LogP contribution is -2.40. The van der Waals surface area contributed by atoms with Gasteiger partial charge in [0.25, 0.3) is 11.8 Å². The van der Waals surface area contributed by atoms with E-state index in [4.69, 9.17) is 9.47 Å². The van der Waals surface area contributed by atoms with Gasteiger partial charge in [-0.15, -0.1) is 0 Å². The third-order valence-corrected chi connectivity index (χ3v) is 5.08. The van der Waals surface area contributed by atoms with Crippen LogP contribution in [0.2, 0.25) is 0 Å². The van der Waals surface area contributed by atoms with Gasteiger partial charge in [0.15, 0.2) is 0 Å². The molecule has 0 aliphatic carbocycles. The van der Waals surface area contributed by atoms with Crippen molar-refractivity contribution in [3.8, 4) is 0 Å². The fraction of sp³-hybridized carbons (Fsp3) is 0.375. The largest absolute Gasteiger partial charge is 0.385 e. The van der Waals surface area contributed by atoms with Crippen molar-refractivity contribution in [2.75, 3.05) is 63.7 Å². The molecular weight excluding hydrogens is 424 g/mol. The Hall–Kier alpha value is -3.43. The molecule has 1 heterocycles. The molecule has 3 N–H and O–H groups in total. The predicted octanol–water partition coefficient (Wildman–Crippen LogP) is 1.98. The molecule has 176 valence electrons. The fourth-order valence-electron chi connectivity index (χ4n) is 3.36. The maximum absolute atomic E-state index is 12.6. The molecule has 0 radical (unpaired) electrons. The Morgan fingerprint density at radius 1 is 1.00 bits per heavy atom. The standard InChI is InChI=1S/C24H30N4O5/c1-32-12-4-9-25-23(30)18-5-2-7-20(15-18)26-17-22(29)27-21-8-3-6-19(16-21)24(31)28-10-13-33-14-11-28/h2-3,5-8,15-16,26H,4,9-14,17H2,1H3,(H,25,30)(H,27,29). The Morgan fingerprint density at radius 2 is 1.70 bits per heavy atom. The minimum absolute atomic E-state index is 0.0144. The van der Waals surface area contributed by atoms with Crippen molar-refractivity contribution < 1.29 is 23.9 Å². The summed E-state index contributed by atoms with van der Waals surface area (Å²) in [7, 11) is 1.62. The highest BCUT2D eigenvalue weighted by Crippen LogP contribution is 2.15. The fourth-order valence-corrected chi connectivity index (χ4v) is 3.36. The minimum atomic E-state index is -0.264. The summed E-state index contributed by atoms with van der Waals surface area (Å²) >= 11 is 0. The zero-order valence-corrected chi connectivity index (χ0v) is 18.8. The number of carbonyl (C=O) groups is 3. The van der Waals surface area contributed by atoms with Crippen LogP contribution in [0.5, 0.6) is 0 Å². The highest BCUT2D eigenvalue weighted by atomic mass is 16.5. The van der Waals surface area contributed by atoms with E-state index < -0.39 is 0 Å². The predicted molar refractivity (Wildman–Crippen MR) is 126 cm³/mol. The monoisotopic (exact) mass is 454 g/mol. The molecular formula is C24H30N4O5. The molecule has 0 unspecified atom stereocenters. The Morgan fingerprint density at radius 3 is 2.45 bits per heavy atom. The highest BCUT2D eigenvalue weighted by molar-refractivity contribution is 5.98. The molecule has 0 bridgehead atoms. The number of benzene rings is 2. The zero-order chi connectivity index (χ0) is 23.5. The summed E-state index contributed by atoms with van der Waals surface area (Å²) in [5, 5.41) is 8.66. The molecule has 1 aliphatic heterocycles.